The number of hydrogen-bond donors (Lipinski definition) is 2. The van der Waals surface area contributed by atoms with Gasteiger partial charge in [-0.25, -0.2) is 8.42 Å². The van der Waals surface area contributed by atoms with E-state index in [4.69, 9.17) is 4.52 Å². The molecule has 2 N–H and O–H groups in total. The summed E-state index contributed by atoms with van der Waals surface area (Å²) >= 11 is 0. The van der Waals surface area contributed by atoms with Crippen molar-refractivity contribution < 1.29 is 17.7 Å². The van der Waals surface area contributed by atoms with Gasteiger partial charge in [0.1, 0.15) is 6.04 Å². The zero-order valence-corrected chi connectivity index (χ0v) is 17.1. The highest BCUT2D eigenvalue weighted by Crippen LogP contribution is 2.38. The zero-order chi connectivity index (χ0) is 20.3. The molecule has 1 aromatic carbocycles. The monoisotopic (exact) mass is 406 g/mol. The van der Waals surface area contributed by atoms with Gasteiger partial charge in [-0.05, 0) is 43.4 Å². The van der Waals surface area contributed by atoms with Crippen molar-refractivity contribution in [2.75, 3.05) is 10.5 Å². The van der Waals surface area contributed by atoms with E-state index in [1.165, 1.54) is 6.07 Å². The molecule has 8 nitrogen and oxygen atoms in total. The summed E-state index contributed by atoms with van der Waals surface area (Å²) < 4.78 is 31.8. The van der Waals surface area contributed by atoms with E-state index in [0.717, 1.165) is 12.8 Å². The second kappa shape index (κ2) is 8.30. The summed E-state index contributed by atoms with van der Waals surface area (Å²) in [5.74, 6) is 1.20. The predicted molar refractivity (Wildman–Crippen MR) is 105 cm³/mol. The maximum absolute atomic E-state index is 12.8. The number of nitrogens with one attached hydrogen (secondary N) is 2. The Balaban J connectivity index is 1.73. The van der Waals surface area contributed by atoms with Gasteiger partial charge < -0.3 is 9.84 Å². The first-order valence-electron chi connectivity index (χ1n) is 9.54. The number of benzene rings is 1. The molecule has 1 amide bonds. The molecule has 0 spiro atoms. The minimum absolute atomic E-state index is 0.0271. The standard InChI is InChI=1S/C19H26N4O4S/c1-4-10-28(25,26)23-15-7-5-6-14(11-15)18(24)20-16(12(2)3)19-21-17(22-27-19)13-8-9-13/h5-7,11-13,16,23H,4,8-10H2,1-3H3,(H,20,24). The Hall–Kier alpha value is -2.42. The van der Waals surface area contributed by atoms with Crippen LogP contribution in [0.5, 0.6) is 0 Å². The third kappa shape index (κ3) is 5.09. The quantitative estimate of drug-likeness (QED) is 0.661. The fourth-order valence-electron chi connectivity index (χ4n) is 2.84. The smallest absolute Gasteiger partial charge is 0.252 e. The molecule has 1 aliphatic rings. The van der Waals surface area contributed by atoms with Gasteiger partial charge in [-0.2, -0.15) is 4.98 Å². The molecule has 9 heteroatoms. The van der Waals surface area contributed by atoms with Crippen molar-refractivity contribution in [2.24, 2.45) is 5.92 Å². The fraction of sp³-hybridized carbons (Fsp3) is 0.526. The van der Waals surface area contributed by atoms with Crippen molar-refractivity contribution in [2.45, 2.75) is 52.0 Å². The molecule has 1 atom stereocenters. The Morgan fingerprint density at radius 3 is 2.71 bits per heavy atom. The van der Waals surface area contributed by atoms with E-state index >= 15 is 0 Å². The second-order valence-electron chi connectivity index (χ2n) is 7.46. The number of anilines is 1. The molecule has 1 aliphatic carbocycles. The van der Waals surface area contributed by atoms with Gasteiger partial charge >= 0.3 is 0 Å². The Bertz CT molecular complexity index is 935. The summed E-state index contributed by atoms with van der Waals surface area (Å²) in [4.78, 5) is 17.2. The summed E-state index contributed by atoms with van der Waals surface area (Å²) in [7, 11) is -3.42. The lowest BCUT2D eigenvalue weighted by Gasteiger charge is -2.18. The number of amides is 1. The van der Waals surface area contributed by atoms with Crippen molar-refractivity contribution in [3.8, 4) is 0 Å². The summed E-state index contributed by atoms with van der Waals surface area (Å²) in [5, 5.41) is 6.94. The van der Waals surface area contributed by atoms with E-state index in [1.54, 1.807) is 25.1 Å². The number of hydrogen-bond acceptors (Lipinski definition) is 6. The van der Waals surface area contributed by atoms with Crippen LogP contribution < -0.4 is 10.0 Å². The summed E-state index contributed by atoms with van der Waals surface area (Å²) in [6.45, 7) is 5.71. The maximum Gasteiger partial charge on any atom is 0.252 e. The molecular formula is C19H26N4O4S. The van der Waals surface area contributed by atoms with E-state index in [0.29, 0.717) is 35.3 Å². The van der Waals surface area contributed by atoms with Crippen LogP contribution in [0.1, 0.15) is 74.1 Å². The van der Waals surface area contributed by atoms with Crippen molar-refractivity contribution in [1.82, 2.24) is 15.5 Å². The molecule has 152 valence electrons. The average molecular weight is 407 g/mol. The number of carbonyl (C=O) groups is 1. The van der Waals surface area contributed by atoms with Gasteiger partial charge in [-0.1, -0.05) is 32.0 Å². The molecule has 0 radical (unpaired) electrons. The van der Waals surface area contributed by atoms with Crippen molar-refractivity contribution in [3.05, 3.63) is 41.5 Å². The van der Waals surface area contributed by atoms with Crippen LogP contribution in [-0.2, 0) is 10.0 Å². The third-order valence-electron chi connectivity index (χ3n) is 4.49. The summed E-state index contributed by atoms with van der Waals surface area (Å²) in [5.41, 5.74) is 0.709. The Kier molecular flexibility index (Phi) is 6.02. The number of aromatic nitrogens is 2. The van der Waals surface area contributed by atoms with Crippen LogP contribution in [0, 0.1) is 5.92 Å². The highest BCUT2D eigenvalue weighted by molar-refractivity contribution is 7.92. The molecule has 1 fully saturated rings. The number of carbonyl (C=O) groups excluding carboxylic acids is 1. The van der Waals surface area contributed by atoms with Gasteiger partial charge in [0.15, 0.2) is 5.82 Å². The largest absolute Gasteiger partial charge is 0.340 e. The molecule has 28 heavy (non-hydrogen) atoms. The minimum atomic E-state index is -3.42. The summed E-state index contributed by atoms with van der Waals surface area (Å²) in [6.07, 6.45) is 2.65. The van der Waals surface area contributed by atoms with E-state index in [-0.39, 0.29) is 17.6 Å². The molecule has 3 rings (SSSR count). The van der Waals surface area contributed by atoms with Gasteiger partial charge in [0.2, 0.25) is 15.9 Å². The van der Waals surface area contributed by atoms with Crippen molar-refractivity contribution in [3.63, 3.8) is 0 Å². The van der Waals surface area contributed by atoms with E-state index < -0.39 is 16.1 Å². The van der Waals surface area contributed by atoms with Gasteiger partial charge in [-0.3, -0.25) is 9.52 Å². The topological polar surface area (TPSA) is 114 Å². The van der Waals surface area contributed by atoms with E-state index in [2.05, 4.69) is 20.2 Å². The molecule has 1 unspecified atom stereocenters. The first kappa shape index (κ1) is 20.3. The van der Waals surface area contributed by atoms with Crippen molar-refractivity contribution in [1.29, 1.82) is 0 Å². The van der Waals surface area contributed by atoms with Crippen LogP contribution >= 0.6 is 0 Å². The van der Waals surface area contributed by atoms with Crippen LogP contribution in [0.3, 0.4) is 0 Å². The van der Waals surface area contributed by atoms with Crippen LogP contribution in [0.4, 0.5) is 5.69 Å². The zero-order valence-electron chi connectivity index (χ0n) is 16.3. The minimum Gasteiger partial charge on any atom is -0.340 e. The first-order valence-corrected chi connectivity index (χ1v) is 11.2. The lowest BCUT2D eigenvalue weighted by molar-refractivity contribution is 0.0914. The molecule has 0 aliphatic heterocycles. The number of rotatable bonds is 9. The van der Waals surface area contributed by atoms with E-state index in [1.807, 2.05) is 13.8 Å². The van der Waals surface area contributed by atoms with Crippen LogP contribution in [0.25, 0.3) is 0 Å². The molecule has 1 heterocycles. The Morgan fingerprint density at radius 1 is 1.32 bits per heavy atom. The molecule has 1 saturated carbocycles. The van der Waals surface area contributed by atoms with Gasteiger partial charge in [0.25, 0.3) is 5.91 Å². The van der Waals surface area contributed by atoms with Gasteiger partial charge in [0, 0.05) is 17.2 Å². The number of nitrogens with zero attached hydrogens (tertiary/aromatic N) is 2. The van der Waals surface area contributed by atoms with Gasteiger partial charge in [-0.15, -0.1) is 0 Å². The normalized spacial score (nSPS) is 15.4. The Labute approximate surface area is 165 Å². The molecular weight excluding hydrogens is 380 g/mol. The Morgan fingerprint density at radius 2 is 2.07 bits per heavy atom. The summed E-state index contributed by atoms with van der Waals surface area (Å²) in [6, 6.07) is 5.98. The lowest BCUT2D eigenvalue weighted by atomic mass is 10.0. The highest BCUT2D eigenvalue weighted by atomic mass is 32.2. The first-order chi connectivity index (χ1) is 13.3. The molecule has 2 aromatic rings. The maximum atomic E-state index is 12.8. The van der Waals surface area contributed by atoms with Gasteiger partial charge in [0.05, 0.1) is 5.75 Å². The van der Waals surface area contributed by atoms with E-state index in [9.17, 15) is 13.2 Å². The predicted octanol–water partition coefficient (Wildman–Crippen LogP) is 3.23. The molecule has 1 aromatic heterocycles. The lowest BCUT2D eigenvalue weighted by Crippen LogP contribution is -2.32. The second-order valence-corrected chi connectivity index (χ2v) is 9.30. The highest BCUT2D eigenvalue weighted by Gasteiger charge is 2.31. The van der Waals surface area contributed by atoms with Crippen molar-refractivity contribution >= 4 is 21.6 Å². The average Bonchev–Trinajstić information content (AvgIpc) is 3.36. The van der Waals surface area contributed by atoms with Crippen LogP contribution in [0.15, 0.2) is 28.8 Å². The SMILES string of the molecule is CCCS(=O)(=O)Nc1cccc(C(=O)NC(c2nc(C3CC3)no2)C(C)C)c1. The fourth-order valence-corrected chi connectivity index (χ4v) is 3.97. The molecule has 0 bridgehead atoms. The van der Waals surface area contributed by atoms with Crippen LogP contribution in [0.2, 0.25) is 0 Å². The van der Waals surface area contributed by atoms with Crippen LogP contribution in [-0.4, -0.2) is 30.2 Å². The molecule has 0 saturated heterocycles. The number of sulfonamides is 1. The third-order valence-corrected chi connectivity index (χ3v) is 5.98.